The molecule has 0 bridgehead atoms. The van der Waals surface area contributed by atoms with Gasteiger partial charge in [0.15, 0.2) is 0 Å². The van der Waals surface area contributed by atoms with E-state index in [4.69, 9.17) is 4.74 Å². The molecule has 2 rings (SSSR count). The Kier molecular flexibility index (Phi) is 4.71. The van der Waals surface area contributed by atoms with Gasteiger partial charge in [0, 0.05) is 12.1 Å². The van der Waals surface area contributed by atoms with E-state index in [0.717, 1.165) is 12.8 Å². The lowest BCUT2D eigenvalue weighted by Crippen LogP contribution is -2.00. The molecule has 0 atom stereocenters. The predicted molar refractivity (Wildman–Crippen MR) is 58.0 cm³/mol. The summed E-state index contributed by atoms with van der Waals surface area (Å²) in [6.45, 7) is 6.89. The second-order valence-corrected chi connectivity index (χ2v) is 3.39. The number of hydrogen-bond acceptors (Lipinski definition) is 2. The van der Waals surface area contributed by atoms with Crippen molar-refractivity contribution in [1.82, 2.24) is 9.78 Å². The number of ether oxygens (including phenoxy) is 1. The van der Waals surface area contributed by atoms with Gasteiger partial charge in [0.05, 0.1) is 6.61 Å². The molecule has 1 aromatic heterocycles. The van der Waals surface area contributed by atoms with Gasteiger partial charge < -0.3 is 4.74 Å². The number of aryl methyl sites for hydroxylation is 1. The standard InChI is InChI=1S/C9H12F2N2O.C2H6/c1-6-7(8(10)11)12-13-4-2-3-5-14-9(6)13;1-2/h8H,2-5H2,1H3;1-2H3. The fourth-order valence-corrected chi connectivity index (χ4v) is 1.63. The van der Waals surface area contributed by atoms with Crippen molar-refractivity contribution in [2.24, 2.45) is 0 Å². The quantitative estimate of drug-likeness (QED) is 0.742. The second-order valence-electron chi connectivity index (χ2n) is 3.39. The first-order valence-corrected chi connectivity index (χ1v) is 5.68. The van der Waals surface area contributed by atoms with Gasteiger partial charge in [-0.05, 0) is 19.8 Å². The number of fused-ring (bicyclic) bond motifs is 1. The zero-order valence-corrected chi connectivity index (χ0v) is 9.96. The minimum Gasteiger partial charge on any atom is -0.478 e. The van der Waals surface area contributed by atoms with E-state index in [1.165, 1.54) is 0 Å². The molecule has 16 heavy (non-hydrogen) atoms. The van der Waals surface area contributed by atoms with Crippen molar-refractivity contribution in [2.45, 2.75) is 46.6 Å². The van der Waals surface area contributed by atoms with Crippen LogP contribution in [0.2, 0.25) is 0 Å². The third kappa shape index (κ3) is 2.51. The van der Waals surface area contributed by atoms with Crippen LogP contribution in [0.4, 0.5) is 8.78 Å². The Morgan fingerprint density at radius 3 is 2.62 bits per heavy atom. The van der Waals surface area contributed by atoms with E-state index < -0.39 is 6.43 Å². The maximum Gasteiger partial charge on any atom is 0.282 e. The molecule has 0 unspecified atom stereocenters. The molecule has 1 aliphatic rings. The van der Waals surface area contributed by atoms with E-state index in [-0.39, 0.29) is 5.69 Å². The first kappa shape index (κ1) is 12.9. The molecule has 0 aromatic carbocycles. The van der Waals surface area contributed by atoms with Crippen LogP contribution in [0.3, 0.4) is 0 Å². The summed E-state index contributed by atoms with van der Waals surface area (Å²) >= 11 is 0. The maximum atomic E-state index is 12.5. The Hall–Kier alpha value is -1.13. The molecule has 5 heteroatoms. The van der Waals surface area contributed by atoms with Crippen molar-refractivity contribution < 1.29 is 13.5 Å². The van der Waals surface area contributed by atoms with E-state index in [1.807, 2.05) is 13.8 Å². The van der Waals surface area contributed by atoms with Crippen LogP contribution in [0.15, 0.2) is 0 Å². The molecule has 2 heterocycles. The van der Waals surface area contributed by atoms with E-state index in [9.17, 15) is 8.78 Å². The average molecular weight is 232 g/mol. The summed E-state index contributed by atoms with van der Waals surface area (Å²) in [6, 6.07) is 0. The fourth-order valence-electron chi connectivity index (χ4n) is 1.63. The molecule has 0 aliphatic carbocycles. The van der Waals surface area contributed by atoms with Crippen LogP contribution < -0.4 is 4.74 Å². The maximum absolute atomic E-state index is 12.5. The Balaban J connectivity index is 0.000000606. The van der Waals surface area contributed by atoms with Crippen LogP contribution >= 0.6 is 0 Å². The minimum absolute atomic E-state index is 0.151. The van der Waals surface area contributed by atoms with Crippen LogP contribution in [-0.2, 0) is 6.54 Å². The first-order valence-electron chi connectivity index (χ1n) is 5.68. The third-order valence-electron chi connectivity index (χ3n) is 2.38. The van der Waals surface area contributed by atoms with Crippen molar-refractivity contribution >= 4 is 0 Å². The average Bonchev–Trinajstić information content (AvgIpc) is 2.49. The van der Waals surface area contributed by atoms with E-state index in [1.54, 1.807) is 11.6 Å². The highest BCUT2D eigenvalue weighted by Gasteiger charge is 2.23. The number of nitrogens with zero attached hydrogens (tertiary/aromatic N) is 2. The molecular weight excluding hydrogens is 214 g/mol. The van der Waals surface area contributed by atoms with Crippen LogP contribution in [0.1, 0.15) is 44.4 Å². The van der Waals surface area contributed by atoms with Crippen LogP contribution in [-0.4, -0.2) is 16.4 Å². The molecule has 0 radical (unpaired) electrons. The third-order valence-corrected chi connectivity index (χ3v) is 2.38. The Morgan fingerprint density at radius 1 is 1.31 bits per heavy atom. The molecule has 0 saturated carbocycles. The normalized spacial score (nSPS) is 14.6. The number of rotatable bonds is 1. The van der Waals surface area contributed by atoms with Crippen LogP contribution in [0, 0.1) is 6.92 Å². The number of halogens is 2. The Morgan fingerprint density at radius 2 is 2.00 bits per heavy atom. The van der Waals surface area contributed by atoms with Crippen LogP contribution in [0.25, 0.3) is 0 Å². The molecular formula is C11H18F2N2O. The van der Waals surface area contributed by atoms with E-state index in [2.05, 4.69) is 5.10 Å². The lowest BCUT2D eigenvalue weighted by molar-refractivity contribution is 0.144. The lowest BCUT2D eigenvalue weighted by atomic mass is 10.3. The van der Waals surface area contributed by atoms with Gasteiger partial charge in [-0.1, -0.05) is 13.8 Å². The topological polar surface area (TPSA) is 27.1 Å². The van der Waals surface area contributed by atoms with Gasteiger partial charge in [-0.15, -0.1) is 0 Å². The van der Waals surface area contributed by atoms with E-state index in [0.29, 0.717) is 24.6 Å². The molecule has 0 saturated heterocycles. The summed E-state index contributed by atoms with van der Waals surface area (Å²) < 4.78 is 31.9. The lowest BCUT2D eigenvalue weighted by Gasteiger charge is -2.02. The smallest absolute Gasteiger partial charge is 0.282 e. The van der Waals surface area contributed by atoms with E-state index >= 15 is 0 Å². The Bertz CT molecular complexity index is 337. The monoisotopic (exact) mass is 232 g/mol. The molecule has 0 spiro atoms. The van der Waals surface area contributed by atoms with Crippen molar-refractivity contribution in [1.29, 1.82) is 0 Å². The highest BCUT2D eigenvalue weighted by atomic mass is 19.3. The summed E-state index contributed by atoms with van der Waals surface area (Å²) in [4.78, 5) is 0. The summed E-state index contributed by atoms with van der Waals surface area (Å²) in [6.07, 6.45) is -0.637. The zero-order valence-electron chi connectivity index (χ0n) is 9.96. The van der Waals surface area contributed by atoms with Gasteiger partial charge in [0.25, 0.3) is 6.43 Å². The van der Waals surface area contributed by atoms with Gasteiger partial charge in [0.1, 0.15) is 5.69 Å². The van der Waals surface area contributed by atoms with Gasteiger partial charge in [-0.3, -0.25) is 0 Å². The highest BCUT2D eigenvalue weighted by molar-refractivity contribution is 5.31. The summed E-state index contributed by atoms with van der Waals surface area (Å²) in [5.41, 5.74) is 0.323. The van der Waals surface area contributed by atoms with Crippen molar-refractivity contribution in [2.75, 3.05) is 6.61 Å². The summed E-state index contributed by atoms with van der Waals surface area (Å²) in [5, 5.41) is 3.85. The summed E-state index contributed by atoms with van der Waals surface area (Å²) in [5.74, 6) is 0.512. The van der Waals surface area contributed by atoms with Crippen molar-refractivity contribution in [3.63, 3.8) is 0 Å². The molecule has 3 nitrogen and oxygen atoms in total. The molecule has 0 amide bonds. The largest absolute Gasteiger partial charge is 0.478 e. The van der Waals surface area contributed by atoms with Gasteiger partial charge in [-0.2, -0.15) is 5.10 Å². The SMILES string of the molecule is CC.Cc1c(C(F)F)nn2c1OCCCC2. The Labute approximate surface area is 94.4 Å². The molecule has 1 aromatic rings. The van der Waals surface area contributed by atoms with Gasteiger partial charge >= 0.3 is 0 Å². The van der Waals surface area contributed by atoms with Crippen molar-refractivity contribution in [3.05, 3.63) is 11.3 Å². The van der Waals surface area contributed by atoms with Gasteiger partial charge in [-0.25, -0.2) is 13.5 Å². The first-order chi connectivity index (χ1) is 7.70. The molecule has 92 valence electrons. The predicted octanol–water partition coefficient (Wildman–Crippen LogP) is 3.33. The second kappa shape index (κ2) is 5.82. The van der Waals surface area contributed by atoms with Crippen molar-refractivity contribution in [3.8, 4) is 5.88 Å². The van der Waals surface area contributed by atoms with Crippen LogP contribution in [0.5, 0.6) is 5.88 Å². The molecule has 1 aliphatic heterocycles. The number of alkyl halides is 2. The molecule has 0 fully saturated rings. The minimum atomic E-state index is -2.52. The zero-order chi connectivity index (χ0) is 12.1. The fraction of sp³-hybridized carbons (Fsp3) is 0.727. The summed E-state index contributed by atoms with van der Waals surface area (Å²) in [7, 11) is 0. The highest BCUT2D eigenvalue weighted by Crippen LogP contribution is 2.30. The molecule has 0 N–H and O–H groups in total. The number of hydrogen-bond donors (Lipinski definition) is 0. The number of aromatic nitrogens is 2. The van der Waals surface area contributed by atoms with Gasteiger partial charge in [0.2, 0.25) is 5.88 Å².